The fraction of sp³-hybridized carbons (Fsp3) is 0.772. The van der Waals surface area contributed by atoms with E-state index in [-0.39, 0.29) is 25.7 Å². The van der Waals surface area contributed by atoms with Crippen LogP contribution in [0.2, 0.25) is 0 Å². The van der Waals surface area contributed by atoms with E-state index in [1.54, 1.807) is 0 Å². The average molecular weight is 1420 g/mol. The molecule has 0 aromatic carbocycles. The van der Waals surface area contributed by atoms with Crippen LogP contribution in [0.4, 0.5) is 0 Å². The van der Waals surface area contributed by atoms with Crippen molar-refractivity contribution in [3.05, 3.63) is 85.1 Å². The van der Waals surface area contributed by atoms with E-state index in [0.29, 0.717) is 25.7 Å². The van der Waals surface area contributed by atoms with Crippen LogP contribution < -0.4 is 0 Å². The van der Waals surface area contributed by atoms with Crippen molar-refractivity contribution in [1.82, 2.24) is 0 Å². The summed E-state index contributed by atoms with van der Waals surface area (Å²) in [6.45, 7) is 4.66. The molecule has 0 rings (SSSR count). The van der Waals surface area contributed by atoms with Gasteiger partial charge in [0.1, 0.15) is 19.3 Å². The first-order valence-electron chi connectivity index (χ1n) is 38.8. The van der Waals surface area contributed by atoms with Crippen LogP contribution in [0.15, 0.2) is 85.1 Å². The maximum absolute atomic E-state index is 13.1. The highest BCUT2D eigenvalue weighted by Crippen LogP contribution is 2.45. The zero-order valence-corrected chi connectivity index (χ0v) is 63.7. The van der Waals surface area contributed by atoms with Gasteiger partial charge in [-0.3, -0.25) is 37.3 Å². The Morgan fingerprint density at radius 3 is 0.898 bits per heavy atom. The lowest BCUT2D eigenvalue weighted by molar-refractivity contribution is -0.161. The standard InChI is InChI=1S/C79H140O17P2/c1-5-9-13-17-21-25-29-32-34-35-36-37-39-42-45-48-52-56-60-64-77(82)90-70-75(96-79(84)66-62-58-54-50-46-40-31-27-23-19-15-11-7-3)72-94-98(87,88)92-68-73(80)67-91-97(85,86)93-71-74(95-78(83)65-61-57-53-49-43-28-24-20-16-12-8-4)69-89-76(81)63-59-55-51-47-44-41-38-33-30-26-22-18-14-10-6-2/h9,13,15,19-21,24-25,27,31-32,34,36-37,73-75,80H,5-8,10-12,14,16-18,22-23,26,28-30,33,35,38-72H2,1-4H3,(H,85,86)(H,87,88)/b13-9-,19-15-,24-20-,25-21-,31-27-,34-32-,37-36-. The molecule has 0 spiro atoms. The molecule has 0 radical (unpaired) electrons. The highest BCUT2D eigenvalue weighted by Gasteiger charge is 2.30. The Labute approximate surface area is 595 Å². The Hall–Kier alpha value is -3.76. The molecule has 0 saturated heterocycles. The first-order valence-corrected chi connectivity index (χ1v) is 41.8. The normalized spacial score (nSPS) is 14.4. The Balaban J connectivity index is 5.30. The smallest absolute Gasteiger partial charge is 0.462 e. The molecule has 0 amide bonds. The zero-order valence-electron chi connectivity index (χ0n) is 62.0. The first-order chi connectivity index (χ1) is 47.7. The second-order valence-corrected chi connectivity index (χ2v) is 28.8. The summed E-state index contributed by atoms with van der Waals surface area (Å²) in [7, 11) is -9.95. The minimum Gasteiger partial charge on any atom is -0.462 e. The summed E-state index contributed by atoms with van der Waals surface area (Å²) in [6.07, 6.45) is 72.9. The number of unbranched alkanes of at least 4 members (excludes halogenated alkanes) is 33. The van der Waals surface area contributed by atoms with Crippen molar-refractivity contribution in [2.45, 2.75) is 354 Å². The summed E-state index contributed by atoms with van der Waals surface area (Å²) in [4.78, 5) is 72.8. The Bertz CT molecular complexity index is 2190. The molecule has 17 nitrogen and oxygen atoms in total. The molecule has 0 aromatic heterocycles. The van der Waals surface area contributed by atoms with Gasteiger partial charge < -0.3 is 33.8 Å². The number of aliphatic hydroxyl groups excluding tert-OH is 1. The molecular weight excluding hydrogens is 1280 g/mol. The molecule has 0 aliphatic carbocycles. The molecule has 5 atom stereocenters. The van der Waals surface area contributed by atoms with Crippen LogP contribution >= 0.6 is 15.6 Å². The van der Waals surface area contributed by atoms with Crippen molar-refractivity contribution in [1.29, 1.82) is 0 Å². The number of phosphoric ester groups is 2. The second kappa shape index (κ2) is 71.6. The van der Waals surface area contributed by atoms with Crippen LogP contribution in [-0.4, -0.2) is 96.7 Å². The van der Waals surface area contributed by atoms with Crippen molar-refractivity contribution >= 4 is 39.5 Å². The summed E-state index contributed by atoms with van der Waals surface area (Å²) in [5.41, 5.74) is 0. The summed E-state index contributed by atoms with van der Waals surface area (Å²) in [5.74, 6) is -2.19. The summed E-state index contributed by atoms with van der Waals surface area (Å²) < 4.78 is 68.5. The molecule has 5 unspecified atom stereocenters. The van der Waals surface area contributed by atoms with Crippen molar-refractivity contribution < 1.29 is 80.2 Å². The van der Waals surface area contributed by atoms with Gasteiger partial charge in [0.2, 0.25) is 0 Å². The van der Waals surface area contributed by atoms with Gasteiger partial charge in [-0.05, 0) is 109 Å². The fourth-order valence-corrected chi connectivity index (χ4v) is 12.0. The van der Waals surface area contributed by atoms with Crippen molar-refractivity contribution in [3.8, 4) is 0 Å². The van der Waals surface area contributed by atoms with Gasteiger partial charge in [-0.2, -0.15) is 0 Å². The van der Waals surface area contributed by atoms with Gasteiger partial charge in [0.15, 0.2) is 12.2 Å². The van der Waals surface area contributed by atoms with E-state index in [1.165, 1.54) is 83.5 Å². The van der Waals surface area contributed by atoms with Crippen LogP contribution in [0.3, 0.4) is 0 Å². The molecule has 3 N–H and O–H groups in total. The molecule has 0 bridgehead atoms. The fourth-order valence-electron chi connectivity index (χ4n) is 10.4. The van der Waals surface area contributed by atoms with Gasteiger partial charge in [0.25, 0.3) is 0 Å². The predicted octanol–water partition coefficient (Wildman–Crippen LogP) is 22.2. The van der Waals surface area contributed by atoms with Gasteiger partial charge in [0.05, 0.1) is 26.4 Å². The van der Waals surface area contributed by atoms with E-state index in [9.17, 15) is 43.2 Å². The van der Waals surface area contributed by atoms with Gasteiger partial charge >= 0.3 is 39.5 Å². The number of ether oxygens (including phenoxy) is 4. The van der Waals surface area contributed by atoms with Crippen LogP contribution in [0, 0.1) is 0 Å². The molecule has 0 heterocycles. The molecule has 98 heavy (non-hydrogen) atoms. The number of hydrogen-bond donors (Lipinski definition) is 3. The molecular formula is C79H140O17P2. The highest BCUT2D eigenvalue weighted by atomic mass is 31.2. The second-order valence-electron chi connectivity index (χ2n) is 25.9. The topological polar surface area (TPSA) is 237 Å². The summed E-state index contributed by atoms with van der Waals surface area (Å²) in [6, 6.07) is 0. The Morgan fingerprint density at radius 1 is 0.296 bits per heavy atom. The van der Waals surface area contributed by atoms with Crippen LogP contribution in [0.1, 0.15) is 336 Å². The van der Waals surface area contributed by atoms with Crippen molar-refractivity contribution in [2.24, 2.45) is 0 Å². The lowest BCUT2D eigenvalue weighted by Crippen LogP contribution is -2.30. The Kier molecular flexibility index (Phi) is 68.9. The quantitative estimate of drug-likeness (QED) is 0.0169. The molecule has 0 fully saturated rings. The number of hydrogen-bond acceptors (Lipinski definition) is 15. The number of phosphoric acid groups is 2. The third-order valence-electron chi connectivity index (χ3n) is 16.3. The van der Waals surface area contributed by atoms with Gasteiger partial charge in [-0.15, -0.1) is 0 Å². The zero-order chi connectivity index (χ0) is 71.8. The van der Waals surface area contributed by atoms with E-state index in [0.717, 1.165) is 173 Å². The third-order valence-corrected chi connectivity index (χ3v) is 18.2. The van der Waals surface area contributed by atoms with E-state index in [4.69, 9.17) is 37.0 Å². The molecule has 0 aromatic rings. The number of rotatable bonds is 73. The molecule has 0 aliphatic heterocycles. The van der Waals surface area contributed by atoms with E-state index in [1.807, 2.05) is 0 Å². The maximum Gasteiger partial charge on any atom is 0.472 e. The lowest BCUT2D eigenvalue weighted by atomic mass is 10.0. The highest BCUT2D eigenvalue weighted by molar-refractivity contribution is 7.47. The summed E-state index contributed by atoms with van der Waals surface area (Å²) >= 11 is 0. The van der Waals surface area contributed by atoms with Gasteiger partial charge in [-0.25, -0.2) is 9.13 Å². The number of carbonyl (C=O) groups excluding carboxylic acids is 4. The summed E-state index contributed by atoms with van der Waals surface area (Å²) in [5, 5.41) is 10.6. The first kappa shape index (κ1) is 94.2. The predicted molar refractivity (Wildman–Crippen MR) is 399 cm³/mol. The van der Waals surface area contributed by atoms with E-state index >= 15 is 0 Å². The number of allylic oxidation sites excluding steroid dienone is 14. The number of esters is 4. The SMILES string of the molecule is CC/C=C\C/C=C\C/C=C\C/C=C\CCCCCCCCC(=O)OCC(COP(=O)(O)OCC(O)COP(=O)(O)OCC(COC(=O)CCCCCCCCCCCCCCCCC)OC(=O)CCCCCCC/C=C\CCCC)OC(=O)CCCCCCC/C=C\C/C=C\CCC. The molecule has 19 heteroatoms. The largest absolute Gasteiger partial charge is 0.472 e. The number of aliphatic hydroxyl groups is 1. The van der Waals surface area contributed by atoms with Crippen LogP contribution in [0.5, 0.6) is 0 Å². The minimum absolute atomic E-state index is 0.0761. The third kappa shape index (κ3) is 70.7. The van der Waals surface area contributed by atoms with Crippen LogP contribution in [-0.2, 0) is 65.4 Å². The molecule has 0 aliphatic rings. The molecule has 0 saturated carbocycles. The van der Waals surface area contributed by atoms with Crippen LogP contribution in [0.25, 0.3) is 0 Å². The maximum atomic E-state index is 13.1. The molecule has 568 valence electrons. The minimum atomic E-state index is -4.98. The number of carbonyl (C=O) groups is 4. The average Bonchev–Trinajstić information content (AvgIpc) is 0.972. The lowest BCUT2D eigenvalue weighted by Gasteiger charge is -2.21. The van der Waals surface area contributed by atoms with Crippen molar-refractivity contribution in [3.63, 3.8) is 0 Å². The van der Waals surface area contributed by atoms with E-state index in [2.05, 4.69) is 113 Å². The van der Waals surface area contributed by atoms with E-state index < -0.39 is 97.5 Å². The Morgan fingerprint density at radius 2 is 0.561 bits per heavy atom. The van der Waals surface area contributed by atoms with Crippen molar-refractivity contribution in [2.75, 3.05) is 39.6 Å². The van der Waals surface area contributed by atoms with Gasteiger partial charge in [-0.1, -0.05) is 286 Å². The van der Waals surface area contributed by atoms with Gasteiger partial charge in [0, 0.05) is 25.7 Å². The monoisotopic (exact) mass is 1420 g/mol.